The van der Waals surface area contributed by atoms with E-state index >= 15 is 0 Å². The van der Waals surface area contributed by atoms with E-state index < -0.39 is 43.2 Å². The molecule has 1 saturated heterocycles. The number of anilines is 1. The molecule has 0 saturated carbocycles. The highest BCUT2D eigenvalue weighted by molar-refractivity contribution is 9.10. The summed E-state index contributed by atoms with van der Waals surface area (Å²) in [5.41, 5.74) is 6.21. The van der Waals surface area contributed by atoms with Crippen molar-refractivity contribution in [3.8, 4) is 0 Å². The molecule has 2 atom stereocenters. The maximum atomic E-state index is 14.6. The van der Waals surface area contributed by atoms with Crippen LogP contribution in [0.25, 0.3) is 10.4 Å². The molecule has 2 N–H and O–H groups in total. The molecule has 0 spiro atoms. The van der Waals surface area contributed by atoms with Crippen molar-refractivity contribution >= 4 is 33.7 Å². The molecule has 0 aromatic carbocycles. The Balaban J connectivity index is 2.16. The number of aromatic nitrogens is 1. The predicted molar refractivity (Wildman–Crippen MR) is 81.6 cm³/mol. The fourth-order valence-corrected chi connectivity index (χ4v) is 2.68. The van der Waals surface area contributed by atoms with Crippen molar-refractivity contribution in [2.24, 2.45) is 5.11 Å². The van der Waals surface area contributed by atoms with Gasteiger partial charge in [0.2, 0.25) is 5.91 Å². The van der Waals surface area contributed by atoms with Crippen LogP contribution in [0.4, 0.5) is 15.0 Å². The van der Waals surface area contributed by atoms with Gasteiger partial charge in [-0.1, -0.05) is 11.2 Å². The second-order valence-electron chi connectivity index (χ2n) is 5.01. The maximum absolute atomic E-state index is 14.6. The highest BCUT2D eigenvalue weighted by Crippen LogP contribution is 2.32. The summed E-state index contributed by atoms with van der Waals surface area (Å²) < 4.78 is 15.0. The first-order valence-electron chi connectivity index (χ1n) is 6.47. The van der Waals surface area contributed by atoms with E-state index in [1.54, 1.807) is 12.1 Å². The lowest BCUT2D eigenvalue weighted by Gasteiger charge is -2.20. The van der Waals surface area contributed by atoms with E-state index in [0.29, 0.717) is 9.50 Å². The van der Waals surface area contributed by atoms with Gasteiger partial charge in [0.25, 0.3) is 0 Å². The third-order valence-electron chi connectivity index (χ3n) is 3.32. The Kier molecular flexibility index (Phi) is 5.02. The minimum Gasteiger partial charge on any atom is -0.465 e. The van der Waals surface area contributed by atoms with Gasteiger partial charge in [-0.25, -0.2) is 14.2 Å². The number of hydrogen-bond donors (Lipinski definition) is 2. The predicted octanol–water partition coefficient (Wildman–Crippen LogP) is 2.55. The standard InChI is InChI=1S/C12H12BrFN6O3/c13-8-2-1-3-9(17-8)18-10(21)7-4-12(14,5-16-19-15)6-20(7)11(22)23/h1-3,7H,4-6H2,(H,22,23)(H,17,18,21). The average Bonchev–Trinajstić information content (AvgIpc) is 2.84. The number of hydrogen-bond acceptors (Lipinski definition) is 4. The quantitative estimate of drug-likeness (QED) is 0.356. The van der Waals surface area contributed by atoms with E-state index in [0.717, 1.165) is 0 Å². The highest BCUT2D eigenvalue weighted by Gasteiger charge is 2.49. The number of halogens is 2. The molecule has 1 aliphatic rings. The molecule has 2 amide bonds. The first kappa shape index (κ1) is 17.0. The lowest BCUT2D eigenvalue weighted by Crippen LogP contribution is -2.42. The lowest BCUT2D eigenvalue weighted by molar-refractivity contribution is -0.120. The maximum Gasteiger partial charge on any atom is 0.408 e. The summed E-state index contributed by atoms with van der Waals surface area (Å²) >= 11 is 3.14. The Hall–Kier alpha value is -2.39. The van der Waals surface area contributed by atoms with Crippen molar-refractivity contribution in [3.05, 3.63) is 33.2 Å². The number of carboxylic acid groups (broad SMARTS) is 1. The minimum atomic E-state index is -2.07. The smallest absolute Gasteiger partial charge is 0.408 e. The Morgan fingerprint density at radius 1 is 1.65 bits per heavy atom. The van der Waals surface area contributed by atoms with Gasteiger partial charge in [-0.3, -0.25) is 9.69 Å². The van der Waals surface area contributed by atoms with Gasteiger partial charge in [0.15, 0.2) is 0 Å². The van der Waals surface area contributed by atoms with Gasteiger partial charge in [-0.15, -0.1) is 0 Å². The van der Waals surface area contributed by atoms with Crippen LogP contribution in [0.15, 0.2) is 27.9 Å². The molecule has 2 rings (SSSR count). The van der Waals surface area contributed by atoms with E-state index in [4.69, 9.17) is 10.6 Å². The fraction of sp³-hybridized carbons (Fsp3) is 0.417. The molecule has 1 aromatic heterocycles. The van der Waals surface area contributed by atoms with Gasteiger partial charge in [0, 0.05) is 11.3 Å². The Morgan fingerprint density at radius 3 is 3.00 bits per heavy atom. The molecule has 1 fully saturated rings. The van der Waals surface area contributed by atoms with Crippen molar-refractivity contribution in [1.82, 2.24) is 9.88 Å². The van der Waals surface area contributed by atoms with Crippen LogP contribution in [0.1, 0.15) is 6.42 Å². The zero-order valence-electron chi connectivity index (χ0n) is 11.7. The molecule has 0 bridgehead atoms. The number of carbonyl (C=O) groups excluding carboxylic acids is 1. The Labute approximate surface area is 138 Å². The van der Waals surface area contributed by atoms with Crippen molar-refractivity contribution < 1.29 is 19.1 Å². The zero-order valence-corrected chi connectivity index (χ0v) is 13.3. The number of likely N-dealkylation sites (tertiary alicyclic amines) is 1. The second kappa shape index (κ2) is 6.80. The van der Waals surface area contributed by atoms with Crippen LogP contribution in [0.2, 0.25) is 0 Å². The SMILES string of the molecule is [N-]=[N+]=NCC1(F)CC(C(=O)Nc2cccc(Br)n2)N(C(=O)O)C1. The lowest BCUT2D eigenvalue weighted by atomic mass is 10.0. The van der Waals surface area contributed by atoms with Crippen LogP contribution in [0.5, 0.6) is 0 Å². The van der Waals surface area contributed by atoms with E-state index in [2.05, 4.69) is 36.3 Å². The molecule has 1 aromatic rings. The average molecular weight is 387 g/mol. The van der Waals surface area contributed by atoms with Gasteiger partial charge in [0.05, 0.1) is 13.1 Å². The number of nitrogens with zero attached hydrogens (tertiary/aromatic N) is 5. The van der Waals surface area contributed by atoms with Gasteiger partial charge >= 0.3 is 6.09 Å². The number of amides is 2. The molecular formula is C12H12BrFN6O3. The zero-order chi connectivity index (χ0) is 17.0. The van der Waals surface area contributed by atoms with Crippen LogP contribution >= 0.6 is 15.9 Å². The molecule has 122 valence electrons. The van der Waals surface area contributed by atoms with E-state index in [9.17, 15) is 14.0 Å². The molecule has 2 heterocycles. The second-order valence-corrected chi connectivity index (χ2v) is 5.82. The summed E-state index contributed by atoms with van der Waals surface area (Å²) in [5, 5.41) is 14.7. The summed E-state index contributed by atoms with van der Waals surface area (Å²) in [6, 6.07) is 3.58. The largest absolute Gasteiger partial charge is 0.465 e. The summed E-state index contributed by atoms with van der Waals surface area (Å²) in [4.78, 5) is 30.7. The molecule has 1 aliphatic heterocycles. The fourth-order valence-electron chi connectivity index (χ4n) is 2.33. The van der Waals surface area contributed by atoms with Crippen molar-refractivity contribution in [2.45, 2.75) is 18.1 Å². The Bertz CT molecular complexity index is 683. The first-order valence-corrected chi connectivity index (χ1v) is 7.27. The summed E-state index contributed by atoms with van der Waals surface area (Å²) in [5.74, 6) is -0.487. The van der Waals surface area contributed by atoms with Gasteiger partial charge < -0.3 is 10.4 Å². The number of alkyl halides is 1. The van der Waals surface area contributed by atoms with Gasteiger partial charge in [0.1, 0.15) is 22.1 Å². The molecular weight excluding hydrogens is 375 g/mol. The monoisotopic (exact) mass is 386 g/mol. The summed E-state index contributed by atoms with van der Waals surface area (Å²) in [6.07, 6.45) is -1.81. The molecule has 0 radical (unpaired) electrons. The Morgan fingerprint density at radius 2 is 2.39 bits per heavy atom. The van der Waals surface area contributed by atoms with Gasteiger partial charge in [-0.2, -0.15) is 0 Å². The number of rotatable bonds is 4. The van der Waals surface area contributed by atoms with Crippen molar-refractivity contribution in [2.75, 3.05) is 18.4 Å². The van der Waals surface area contributed by atoms with E-state index in [1.165, 1.54) is 6.07 Å². The van der Waals surface area contributed by atoms with Crippen LogP contribution in [-0.2, 0) is 4.79 Å². The van der Waals surface area contributed by atoms with Crippen molar-refractivity contribution in [1.29, 1.82) is 0 Å². The number of carbonyl (C=O) groups is 2. The molecule has 2 unspecified atom stereocenters. The molecule has 11 heteroatoms. The normalized spacial score (nSPS) is 23.2. The van der Waals surface area contributed by atoms with Crippen LogP contribution in [0, 0.1) is 0 Å². The molecule has 23 heavy (non-hydrogen) atoms. The van der Waals surface area contributed by atoms with Crippen molar-refractivity contribution in [3.63, 3.8) is 0 Å². The first-order chi connectivity index (χ1) is 10.8. The van der Waals surface area contributed by atoms with Crippen LogP contribution < -0.4 is 5.32 Å². The summed E-state index contributed by atoms with van der Waals surface area (Å²) in [7, 11) is 0. The van der Waals surface area contributed by atoms with Crippen LogP contribution in [0.3, 0.4) is 0 Å². The number of pyridine rings is 1. The number of nitrogens with one attached hydrogen (secondary N) is 1. The van der Waals surface area contributed by atoms with Crippen LogP contribution in [-0.4, -0.2) is 51.8 Å². The molecule has 0 aliphatic carbocycles. The van der Waals surface area contributed by atoms with E-state index in [-0.39, 0.29) is 5.82 Å². The topological polar surface area (TPSA) is 131 Å². The van der Waals surface area contributed by atoms with E-state index in [1.807, 2.05) is 0 Å². The number of azide groups is 1. The van der Waals surface area contributed by atoms with Gasteiger partial charge in [-0.05, 0) is 33.6 Å². The minimum absolute atomic E-state index is 0.209. The third-order valence-corrected chi connectivity index (χ3v) is 3.76. The highest BCUT2D eigenvalue weighted by atomic mass is 79.9. The third kappa shape index (κ3) is 4.08. The molecule has 9 nitrogen and oxygen atoms in total. The summed E-state index contributed by atoms with van der Waals surface area (Å²) in [6.45, 7) is -1.07.